The molecule has 0 saturated heterocycles. The third-order valence-corrected chi connectivity index (χ3v) is 5.32. The van der Waals surface area contributed by atoms with E-state index in [2.05, 4.69) is 6.92 Å². The van der Waals surface area contributed by atoms with Gasteiger partial charge in [-0.3, -0.25) is 9.36 Å². The van der Waals surface area contributed by atoms with Gasteiger partial charge >= 0.3 is 0 Å². The monoisotopic (exact) mass is 374 g/mol. The number of unbranched alkanes of at least 4 members (excludes halogenated alkanes) is 13. The molecule has 0 fully saturated rings. The number of hydrogen-bond donors (Lipinski definition) is 1. The molecule has 1 aromatic heterocycles. The lowest BCUT2D eigenvalue weighted by atomic mass is 10.0. The third-order valence-electron chi connectivity index (χ3n) is 5.32. The van der Waals surface area contributed by atoms with E-state index in [1.165, 1.54) is 87.7 Å². The molecule has 0 unspecified atom stereocenters. The molecule has 4 nitrogen and oxygen atoms in total. The number of aryl methyl sites for hydroxylation is 1. The Morgan fingerprint density at radius 2 is 1.33 bits per heavy atom. The van der Waals surface area contributed by atoms with Crippen LogP contribution in [0.1, 0.15) is 108 Å². The number of hydrogen-bond acceptors (Lipinski definition) is 3. The summed E-state index contributed by atoms with van der Waals surface area (Å²) in [5.74, 6) is -0.0359. The number of pyridine rings is 1. The molecule has 27 heavy (non-hydrogen) atoms. The normalized spacial score (nSPS) is 10.9. The second-order valence-corrected chi connectivity index (χ2v) is 7.73. The number of aromatic hydroxyl groups is 1. The van der Waals surface area contributed by atoms with Crippen LogP contribution >= 0.6 is 0 Å². The molecular formula is C23H38N2O2. The van der Waals surface area contributed by atoms with Crippen molar-refractivity contribution in [2.75, 3.05) is 0 Å². The summed E-state index contributed by atoms with van der Waals surface area (Å²) < 4.78 is 1.33. The van der Waals surface area contributed by atoms with Gasteiger partial charge in [-0.25, -0.2) is 0 Å². The highest BCUT2D eigenvalue weighted by Crippen LogP contribution is 2.15. The van der Waals surface area contributed by atoms with E-state index < -0.39 is 0 Å². The van der Waals surface area contributed by atoms with Crippen LogP contribution in [-0.2, 0) is 6.54 Å². The molecule has 1 aromatic rings. The Morgan fingerprint density at radius 1 is 0.889 bits per heavy atom. The van der Waals surface area contributed by atoms with Gasteiger partial charge < -0.3 is 5.11 Å². The first-order valence-corrected chi connectivity index (χ1v) is 10.9. The molecule has 0 saturated carbocycles. The molecule has 0 spiro atoms. The van der Waals surface area contributed by atoms with Gasteiger partial charge in [0.15, 0.2) is 5.88 Å². The average molecular weight is 375 g/mol. The van der Waals surface area contributed by atoms with Crippen LogP contribution in [0.3, 0.4) is 0 Å². The van der Waals surface area contributed by atoms with Crippen LogP contribution in [0.2, 0.25) is 0 Å². The van der Waals surface area contributed by atoms with E-state index in [-0.39, 0.29) is 17.0 Å². The average Bonchev–Trinajstić information content (AvgIpc) is 2.64. The zero-order chi connectivity index (χ0) is 19.9. The summed E-state index contributed by atoms with van der Waals surface area (Å²) in [5.41, 5.74) is 0.306. The van der Waals surface area contributed by atoms with E-state index in [1.54, 1.807) is 6.92 Å². The molecule has 0 atom stereocenters. The summed E-state index contributed by atoms with van der Waals surface area (Å²) >= 11 is 0. The molecule has 4 heteroatoms. The molecule has 0 radical (unpaired) electrons. The van der Waals surface area contributed by atoms with Crippen molar-refractivity contribution in [2.24, 2.45) is 0 Å². The fraction of sp³-hybridized carbons (Fsp3) is 0.739. The summed E-state index contributed by atoms with van der Waals surface area (Å²) in [6.07, 6.45) is 18.0. The van der Waals surface area contributed by atoms with Crippen molar-refractivity contribution >= 4 is 0 Å². The van der Waals surface area contributed by atoms with Crippen molar-refractivity contribution < 1.29 is 5.11 Å². The van der Waals surface area contributed by atoms with Crippen LogP contribution in [-0.4, -0.2) is 9.67 Å². The third kappa shape index (κ3) is 9.13. The molecule has 1 rings (SSSR count). The first kappa shape index (κ1) is 23.3. The molecule has 1 heterocycles. The lowest BCUT2D eigenvalue weighted by Crippen LogP contribution is -2.23. The number of rotatable bonds is 15. The summed E-state index contributed by atoms with van der Waals surface area (Å²) in [6, 6.07) is 3.44. The molecule has 152 valence electrons. The highest BCUT2D eigenvalue weighted by Gasteiger charge is 2.11. The number of nitriles is 1. The molecule has 0 aliphatic rings. The minimum Gasteiger partial charge on any atom is -0.494 e. The van der Waals surface area contributed by atoms with Gasteiger partial charge in [0.25, 0.3) is 5.56 Å². The largest absolute Gasteiger partial charge is 0.494 e. The van der Waals surface area contributed by atoms with E-state index in [1.807, 2.05) is 6.07 Å². The van der Waals surface area contributed by atoms with E-state index in [9.17, 15) is 9.90 Å². The van der Waals surface area contributed by atoms with E-state index in [0.29, 0.717) is 12.1 Å². The van der Waals surface area contributed by atoms with Gasteiger partial charge in [0.2, 0.25) is 0 Å². The molecule has 0 aliphatic heterocycles. The van der Waals surface area contributed by atoms with Crippen LogP contribution in [0, 0.1) is 18.3 Å². The Hall–Kier alpha value is -1.76. The zero-order valence-electron chi connectivity index (χ0n) is 17.4. The predicted molar refractivity (Wildman–Crippen MR) is 112 cm³/mol. The van der Waals surface area contributed by atoms with Crippen LogP contribution in [0.25, 0.3) is 0 Å². The molecule has 1 N–H and O–H groups in total. The van der Waals surface area contributed by atoms with Crippen molar-refractivity contribution in [3.05, 3.63) is 27.5 Å². The topological polar surface area (TPSA) is 66.0 Å². The summed E-state index contributed by atoms with van der Waals surface area (Å²) in [6.45, 7) is 4.42. The van der Waals surface area contributed by atoms with Gasteiger partial charge in [-0.15, -0.1) is 0 Å². The SMILES string of the molecule is CCCCCCCCCCCCCCCCn1c(O)cc(C)c(C#N)c1=O. The van der Waals surface area contributed by atoms with Crippen molar-refractivity contribution in [1.29, 1.82) is 5.26 Å². The van der Waals surface area contributed by atoms with Crippen LogP contribution in [0.5, 0.6) is 5.88 Å². The minimum absolute atomic E-state index is 0.0359. The van der Waals surface area contributed by atoms with Crippen LogP contribution in [0.15, 0.2) is 10.9 Å². The van der Waals surface area contributed by atoms with Crippen molar-refractivity contribution in [2.45, 2.75) is 110 Å². The van der Waals surface area contributed by atoms with Crippen LogP contribution < -0.4 is 5.56 Å². The quantitative estimate of drug-likeness (QED) is 0.371. The molecule has 0 amide bonds. The maximum Gasteiger partial charge on any atom is 0.271 e. The second-order valence-electron chi connectivity index (χ2n) is 7.73. The standard InChI is InChI=1S/C23H38N2O2/c1-3-4-5-6-7-8-9-10-11-12-13-14-15-16-17-25-22(26)18-20(2)21(19-24)23(25)27/h18,26H,3-17H2,1-2H3. The van der Waals surface area contributed by atoms with Gasteiger partial charge in [0.05, 0.1) is 0 Å². The highest BCUT2D eigenvalue weighted by atomic mass is 16.3. The molecule has 0 aliphatic carbocycles. The Morgan fingerprint density at radius 3 is 1.78 bits per heavy atom. The highest BCUT2D eigenvalue weighted by molar-refractivity contribution is 5.37. The smallest absolute Gasteiger partial charge is 0.271 e. The van der Waals surface area contributed by atoms with Crippen molar-refractivity contribution in [3.63, 3.8) is 0 Å². The lowest BCUT2D eigenvalue weighted by Gasteiger charge is -2.10. The molecular weight excluding hydrogens is 336 g/mol. The summed E-state index contributed by atoms with van der Waals surface area (Å²) in [4.78, 5) is 12.2. The Balaban J connectivity index is 2.06. The minimum atomic E-state index is -0.371. The van der Waals surface area contributed by atoms with E-state index in [4.69, 9.17) is 5.26 Å². The van der Waals surface area contributed by atoms with Crippen molar-refractivity contribution in [3.8, 4) is 11.9 Å². The summed E-state index contributed by atoms with van der Waals surface area (Å²) in [5, 5.41) is 19.0. The maximum atomic E-state index is 12.2. The number of nitrogens with zero attached hydrogens (tertiary/aromatic N) is 2. The van der Waals surface area contributed by atoms with Gasteiger partial charge in [0, 0.05) is 12.6 Å². The fourth-order valence-corrected chi connectivity index (χ4v) is 3.57. The Bertz CT molecular complexity index is 628. The Kier molecular flexibility index (Phi) is 12.3. The van der Waals surface area contributed by atoms with E-state index in [0.717, 1.165) is 12.8 Å². The lowest BCUT2D eigenvalue weighted by molar-refractivity contribution is 0.397. The first-order valence-electron chi connectivity index (χ1n) is 10.9. The van der Waals surface area contributed by atoms with Crippen LogP contribution in [0.4, 0.5) is 0 Å². The predicted octanol–water partition coefficient (Wildman–Crippen LogP) is 6.22. The maximum absolute atomic E-state index is 12.2. The first-order chi connectivity index (χ1) is 13.1. The summed E-state index contributed by atoms with van der Waals surface area (Å²) in [7, 11) is 0. The number of aromatic nitrogens is 1. The van der Waals surface area contributed by atoms with Gasteiger partial charge in [-0.2, -0.15) is 5.26 Å². The van der Waals surface area contributed by atoms with Gasteiger partial charge in [-0.1, -0.05) is 90.4 Å². The van der Waals surface area contributed by atoms with E-state index >= 15 is 0 Å². The van der Waals surface area contributed by atoms with Gasteiger partial charge in [-0.05, 0) is 18.9 Å². The zero-order valence-corrected chi connectivity index (χ0v) is 17.4. The van der Waals surface area contributed by atoms with Gasteiger partial charge in [0.1, 0.15) is 11.6 Å². The molecule has 0 aromatic carbocycles. The van der Waals surface area contributed by atoms with Crippen molar-refractivity contribution in [1.82, 2.24) is 4.57 Å². The second kappa shape index (κ2) is 14.3. The molecule has 0 bridgehead atoms. The fourth-order valence-electron chi connectivity index (χ4n) is 3.57. The Labute approximate surface area is 165 Å².